The van der Waals surface area contributed by atoms with Crippen molar-refractivity contribution >= 4 is 11.6 Å². The Labute approximate surface area is 168 Å². The lowest BCUT2D eigenvalue weighted by Crippen LogP contribution is -2.02. The summed E-state index contributed by atoms with van der Waals surface area (Å²) in [7, 11) is 0. The number of rotatable bonds is 3. The van der Waals surface area contributed by atoms with E-state index in [0.29, 0.717) is 22.5 Å². The predicted molar refractivity (Wildman–Crippen MR) is 114 cm³/mol. The highest BCUT2D eigenvalue weighted by Crippen LogP contribution is 2.42. The van der Waals surface area contributed by atoms with Gasteiger partial charge in [0.15, 0.2) is 0 Å². The van der Waals surface area contributed by atoms with E-state index in [2.05, 4.69) is 4.99 Å². The highest BCUT2D eigenvalue weighted by Gasteiger charge is 2.36. The van der Waals surface area contributed by atoms with Gasteiger partial charge in [-0.05, 0) is 24.6 Å². The van der Waals surface area contributed by atoms with Gasteiger partial charge in [0.05, 0.1) is 22.5 Å². The van der Waals surface area contributed by atoms with Crippen molar-refractivity contribution in [2.45, 2.75) is 6.92 Å². The van der Waals surface area contributed by atoms with E-state index in [9.17, 15) is 9.90 Å². The number of aromatic nitrogens is 1. The highest BCUT2D eigenvalue weighted by molar-refractivity contribution is 6.30. The summed E-state index contributed by atoms with van der Waals surface area (Å²) in [6.45, 7) is 2.01. The molecule has 140 valence electrons. The van der Waals surface area contributed by atoms with Crippen molar-refractivity contribution in [2.24, 2.45) is 4.99 Å². The summed E-state index contributed by atoms with van der Waals surface area (Å²) < 4.78 is 1.74. The molecule has 0 fully saturated rings. The van der Waals surface area contributed by atoms with Crippen LogP contribution in [-0.4, -0.2) is 21.3 Å². The lowest BCUT2D eigenvalue weighted by atomic mass is 9.99. The molecular formula is C25H18N2O2. The topological polar surface area (TPSA) is 54.6 Å². The van der Waals surface area contributed by atoms with E-state index < -0.39 is 0 Å². The molecule has 1 N–H and O–H groups in total. The molecule has 0 unspecified atom stereocenters. The summed E-state index contributed by atoms with van der Waals surface area (Å²) >= 11 is 0. The van der Waals surface area contributed by atoms with Crippen molar-refractivity contribution in [2.75, 3.05) is 0 Å². The Balaban J connectivity index is 1.82. The van der Waals surface area contributed by atoms with Crippen molar-refractivity contribution in [1.29, 1.82) is 0 Å². The largest absolute Gasteiger partial charge is 0.494 e. The van der Waals surface area contributed by atoms with Crippen LogP contribution in [0.1, 0.15) is 27.0 Å². The number of para-hydroxylation sites is 1. The maximum atomic E-state index is 13.0. The first-order valence-electron chi connectivity index (χ1n) is 9.44. The highest BCUT2D eigenvalue weighted by atomic mass is 16.3. The van der Waals surface area contributed by atoms with Crippen LogP contribution in [0.15, 0.2) is 89.9 Å². The first-order valence-corrected chi connectivity index (χ1v) is 9.44. The molecule has 2 heterocycles. The Morgan fingerprint density at radius 3 is 2.03 bits per heavy atom. The number of carbonyl (C=O) groups is 1. The van der Waals surface area contributed by atoms with Gasteiger partial charge in [-0.15, -0.1) is 0 Å². The average Bonchev–Trinajstić information content (AvgIpc) is 3.25. The summed E-state index contributed by atoms with van der Waals surface area (Å²) in [6.07, 6.45) is 0. The Morgan fingerprint density at radius 2 is 1.38 bits per heavy atom. The zero-order valence-corrected chi connectivity index (χ0v) is 15.8. The predicted octanol–water partition coefficient (Wildman–Crippen LogP) is 5.15. The van der Waals surface area contributed by atoms with Gasteiger partial charge in [0.2, 0.25) is 5.88 Å². The fraction of sp³-hybridized carbons (Fsp3) is 0.0400. The summed E-state index contributed by atoms with van der Waals surface area (Å²) in [5.41, 5.74) is 5.65. The van der Waals surface area contributed by atoms with Crippen LogP contribution in [-0.2, 0) is 0 Å². The van der Waals surface area contributed by atoms with Crippen molar-refractivity contribution in [3.63, 3.8) is 0 Å². The van der Waals surface area contributed by atoms with Crippen molar-refractivity contribution in [1.82, 2.24) is 4.57 Å². The molecule has 3 aromatic carbocycles. The van der Waals surface area contributed by atoms with Crippen LogP contribution >= 0.6 is 0 Å². The molecule has 5 rings (SSSR count). The molecule has 1 aromatic heterocycles. The van der Waals surface area contributed by atoms with Gasteiger partial charge in [-0.25, -0.2) is 4.99 Å². The van der Waals surface area contributed by atoms with E-state index in [4.69, 9.17) is 0 Å². The van der Waals surface area contributed by atoms with Crippen LogP contribution in [0.2, 0.25) is 0 Å². The van der Waals surface area contributed by atoms with Crippen LogP contribution in [0, 0.1) is 6.92 Å². The van der Waals surface area contributed by atoms with Crippen LogP contribution in [0.5, 0.6) is 5.88 Å². The van der Waals surface area contributed by atoms with E-state index in [1.165, 1.54) is 0 Å². The maximum Gasteiger partial charge on any atom is 0.280 e. The third kappa shape index (κ3) is 2.69. The number of hydrogen-bond acceptors (Lipinski definition) is 2. The Morgan fingerprint density at radius 1 is 0.759 bits per heavy atom. The SMILES string of the molecule is Cc1ccc(C2=NC(=O)c3c2c(O)n(-c2ccccc2)c3-c2ccccc2)cc1. The zero-order chi connectivity index (χ0) is 20.0. The molecule has 4 heteroatoms. The second kappa shape index (κ2) is 6.60. The maximum absolute atomic E-state index is 13.0. The standard InChI is InChI=1S/C25H18N2O2/c1-16-12-14-17(15-13-16)22-20-21(24(28)26-22)23(18-8-4-2-5-9-18)27(25(20)29)19-10-6-3-7-11-19/h2-15,29H,1H3. The van der Waals surface area contributed by atoms with Gasteiger partial charge in [0, 0.05) is 11.3 Å². The molecule has 0 bridgehead atoms. The number of benzene rings is 3. The van der Waals surface area contributed by atoms with Crippen molar-refractivity contribution < 1.29 is 9.90 Å². The molecule has 1 amide bonds. The second-order valence-corrected chi connectivity index (χ2v) is 7.09. The fourth-order valence-corrected chi connectivity index (χ4v) is 3.82. The number of nitrogens with zero attached hydrogens (tertiary/aromatic N) is 2. The molecule has 1 aliphatic rings. The lowest BCUT2D eigenvalue weighted by molar-refractivity contribution is 0.101. The molecular weight excluding hydrogens is 360 g/mol. The van der Waals surface area contributed by atoms with Gasteiger partial charge in [0.25, 0.3) is 5.91 Å². The summed E-state index contributed by atoms with van der Waals surface area (Å²) in [6, 6.07) is 27.0. The van der Waals surface area contributed by atoms with Crippen LogP contribution in [0.4, 0.5) is 0 Å². The van der Waals surface area contributed by atoms with Gasteiger partial charge in [-0.1, -0.05) is 78.4 Å². The number of aliphatic imine (C=N–C) groups is 1. The monoisotopic (exact) mass is 378 g/mol. The molecule has 0 aliphatic carbocycles. The van der Waals surface area contributed by atoms with Crippen molar-refractivity contribution in [3.8, 4) is 22.8 Å². The minimum Gasteiger partial charge on any atom is -0.494 e. The molecule has 4 nitrogen and oxygen atoms in total. The van der Waals surface area contributed by atoms with Crippen molar-refractivity contribution in [3.05, 3.63) is 107 Å². The molecule has 0 saturated heterocycles. The average molecular weight is 378 g/mol. The van der Waals surface area contributed by atoms with E-state index in [1.54, 1.807) is 4.57 Å². The zero-order valence-electron chi connectivity index (χ0n) is 15.8. The third-order valence-electron chi connectivity index (χ3n) is 5.20. The van der Waals surface area contributed by atoms with E-state index in [1.807, 2.05) is 91.9 Å². The van der Waals surface area contributed by atoms with Crippen LogP contribution in [0.3, 0.4) is 0 Å². The number of fused-ring (bicyclic) bond motifs is 1. The molecule has 4 aromatic rings. The quantitative estimate of drug-likeness (QED) is 0.536. The van der Waals surface area contributed by atoms with Crippen LogP contribution in [0.25, 0.3) is 16.9 Å². The molecule has 0 saturated carbocycles. The first-order chi connectivity index (χ1) is 14.1. The minimum absolute atomic E-state index is 0.0234. The minimum atomic E-state index is -0.334. The number of aryl methyl sites for hydroxylation is 1. The number of aromatic hydroxyl groups is 1. The molecule has 0 atom stereocenters. The molecule has 29 heavy (non-hydrogen) atoms. The first kappa shape index (κ1) is 17.2. The summed E-state index contributed by atoms with van der Waals surface area (Å²) in [5, 5.41) is 11.3. The van der Waals surface area contributed by atoms with Gasteiger partial charge >= 0.3 is 0 Å². The van der Waals surface area contributed by atoms with E-state index in [0.717, 1.165) is 22.4 Å². The van der Waals surface area contributed by atoms with Gasteiger partial charge in [-0.3, -0.25) is 9.36 Å². The smallest absolute Gasteiger partial charge is 0.280 e. The Kier molecular flexibility index (Phi) is 3.91. The van der Waals surface area contributed by atoms with E-state index in [-0.39, 0.29) is 11.8 Å². The molecule has 1 aliphatic heterocycles. The summed E-state index contributed by atoms with van der Waals surface area (Å²) in [5.74, 6) is -0.311. The summed E-state index contributed by atoms with van der Waals surface area (Å²) in [4.78, 5) is 17.3. The number of hydrogen-bond donors (Lipinski definition) is 1. The Bertz CT molecular complexity index is 1250. The third-order valence-corrected chi connectivity index (χ3v) is 5.20. The lowest BCUT2D eigenvalue weighted by Gasteiger charge is -2.12. The fourth-order valence-electron chi connectivity index (χ4n) is 3.82. The molecule has 0 spiro atoms. The normalized spacial score (nSPS) is 12.7. The Hall–Kier alpha value is -3.92. The van der Waals surface area contributed by atoms with Gasteiger partial charge in [0.1, 0.15) is 0 Å². The second-order valence-electron chi connectivity index (χ2n) is 7.09. The van der Waals surface area contributed by atoms with Gasteiger partial charge in [-0.2, -0.15) is 0 Å². The number of carbonyl (C=O) groups excluding carboxylic acids is 1. The molecule has 0 radical (unpaired) electrons. The van der Waals surface area contributed by atoms with Crippen LogP contribution < -0.4 is 0 Å². The van der Waals surface area contributed by atoms with E-state index >= 15 is 0 Å². The number of amides is 1. The van der Waals surface area contributed by atoms with Gasteiger partial charge < -0.3 is 5.11 Å².